The average Bonchev–Trinajstić information content (AvgIpc) is 2.43. The molecule has 1 N–H and O–H groups in total. The van der Waals surface area contributed by atoms with E-state index in [9.17, 15) is 27.9 Å². The van der Waals surface area contributed by atoms with Gasteiger partial charge in [-0.05, 0) is 42.9 Å². The number of carbonyl (C=O) groups excluding carboxylic acids is 2. The first kappa shape index (κ1) is 20.2. The number of alkyl halides is 3. The summed E-state index contributed by atoms with van der Waals surface area (Å²) < 4.78 is 40.1. The first-order valence-corrected chi connectivity index (χ1v) is 7.38. The smallest absolute Gasteiger partial charge is 0.455 e. The van der Waals surface area contributed by atoms with Crippen molar-refractivity contribution in [2.75, 3.05) is 6.61 Å². The van der Waals surface area contributed by atoms with Gasteiger partial charge in [0.1, 0.15) is 12.7 Å². The van der Waals surface area contributed by atoms with Crippen molar-refractivity contribution in [3.05, 3.63) is 34.9 Å². The molecule has 1 atom stereocenters. The molecule has 24 heavy (non-hydrogen) atoms. The Labute approximate surface area is 138 Å². The molecule has 0 radical (unpaired) electrons. The molecule has 4 nitrogen and oxygen atoms in total. The molecule has 0 saturated carbocycles. The number of aliphatic hydroxyl groups is 1. The maximum atomic E-state index is 12.0. The van der Waals surface area contributed by atoms with Crippen molar-refractivity contribution >= 4 is 11.8 Å². The second-order valence-corrected chi connectivity index (χ2v) is 6.38. The third-order valence-corrected chi connectivity index (χ3v) is 3.87. The highest BCUT2D eigenvalue weighted by Crippen LogP contribution is 2.39. The molecule has 0 amide bonds. The maximum Gasteiger partial charge on any atom is 0.490 e. The Morgan fingerprint density at radius 1 is 1.42 bits per heavy atom. The molecule has 1 aliphatic carbocycles. The van der Waals surface area contributed by atoms with Crippen LogP contribution < -0.4 is 0 Å². The number of halogens is 3. The number of ether oxygens (including phenoxy) is 1. The van der Waals surface area contributed by atoms with E-state index in [0.717, 1.165) is 5.57 Å². The Morgan fingerprint density at radius 3 is 2.54 bits per heavy atom. The van der Waals surface area contributed by atoms with Gasteiger partial charge in [0, 0.05) is 0 Å². The largest absolute Gasteiger partial charge is 0.490 e. The summed E-state index contributed by atoms with van der Waals surface area (Å²) in [5, 5.41) is 9.75. The maximum absolute atomic E-state index is 12.0. The summed E-state index contributed by atoms with van der Waals surface area (Å²) in [7, 11) is 0. The van der Waals surface area contributed by atoms with Crippen molar-refractivity contribution in [1.82, 2.24) is 0 Å². The normalized spacial score (nSPS) is 22.2. The molecule has 1 rings (SSSR count). The predicted octanol–water partition coefficient (Wildman–Crippen LogP) is 3.27. The van der Waals surface area contributed by atoms with E-state index < -0.39 is 30.3 Å². The fourth-order valence-electron chi connectivity index (χ4n) is 2.54. The van der Waals surface area contributed by atoms with Crippen LogP contribution in [0.4, 0.5) is 13.2 Å². The Bertz CT molecular complexity index is 610. The number of aliphatic hydroxyl groups excluding tert-OH is 1. The summed E-state index contributed by atoms with van der Waals surface area (Å²) >= 11 is 0. The molecule has 7 heteroatoms. The molecule has 0 aromatic rings. The van der Waals surface area contributed by atoms with Gasteiger partial charge in [-0.3, -0.25) is 4.79 Å². The first-order chi connectivity index (χ1) is 10.9. The molecular formula is C17H21F3O4. The van der Waals surface area contributed by atoms with Crippen LogP contribution in [0.25, 0.3) is 0 Å². The van der Waals surface area contributed by atoms with Crippen LogP contribution in [0.15, 0.2) is 34.9 Å². The van der Waals surface area contributed by atoms with E-state index in [-0.39, 0.29) is 5.78 Å². The second kappa shape index (κ2) is 7.34. The lowest BCUT2D eigenvalue weighted by molar-refractivity contribution is -0.198. The number of allylic oxidation sites excluding steroid dienone is 4. The van der Waals surface area contributed by atoms with E-state index in [2.05, 4.69) is 4.74 Å². The number of hydrogen-bond acceptors (Lipinski definition) is 4. The van der Waals surface area contributed by atoms with Crippen molar-refractivity contribution in [1.29, 1.82) is 0 Å². The fourth-order valence-corrected chi connectivity index (χ4v) is 2.54. The molecule has 0 saturated heterocycles. The third kappa shape index (κ3) is 5.06. The Morgan fingerprint density at radius 2 is 2.00 bits per heavy atom. The van der Waals surface area contributed by atoms with Crippen LogP contribution in [-0.4, -0.2) is 35.7 Å². The van der Waals surface area contributed by atoms with Crippen molar-refractivity contribution in [3.8, 4) is 0 Å². The molecule has 0 spiro atoms. The number of carbonyl (C=O) groups is 2. The zero-order chi connectivity index (χ0) is 18.7. The minimum Gasteiger partial charge on any atom is -0.455 e. The summed E-state index contributed by atoms with van der Waals surface area (Å²) in [6, 6.07) is 0. The molecule has 0 aromatic carbocycles. The van der Waals surface area contributed by atoms with Gasteiger partial charge in [0.25, 0.3) is 0 Å². The van der Waals surface area contributed by atoms with Gasteiger partial charge in [-0.2, -0.15) is 13.2 Å². The van der Waals surface area contributed by atoms with Crippen LogP contribution in [-0.2, 0) is 14.3 Å². The van der Waals surface area contributed by atoms with Crippen LogP contribution in [0.2, 0.25) is 0 Å². The number of rotatable bonds is 4. The van der Waals surface area contributed by atoms with Gasteiger partial charge in [0.15, 0.2) is 5.78 Å². The molecular weight excluding hydrogens is 325 g/mol. The lowest BCUT2D eigenvalue weighted by Crippen LogP contribution is -2.35. The van der Waals surface area contributed by atoms with Gasteiger partial charge in [0.05, 0.1) is 0 Å². The Hall–Kier alpha value is -1.89. The van der Waals surface area contributed by atoms with Crippen molar-refractivity contribution in [2.24, 2.45) is 5.41 Å². The summed E-state index contributed by atoms with van der Waals surface area (Å²) in [5.41, 5.74) is 1.40. The van der Waals surface area contributed by atoms with Gasteiger partial charge in [-0.25, -0.2) is 4.79 Å². The molecule has 0 aromatic heterocycles. The highest BCUT2D eigenvalue weighted by molar-refractivity contribution is 6.00. The monoisotopic (exact) mass is 346 g/mol. The van der Waals surface area contributed by atoms with E-state index in [1.807, 2.05) is 13.8 Å². The molecule has 134 valence electrons. The van der Waals surface area contributed by atoms with Gasteiger partial charge < -0.3 is 9.84 Å². The minimum absolute atomic E-state index is 0.300. The molecule has 0 fully saturated rings. The van der Waals surface area contributed by atoms with E-state index >= 15 is 0 Å². The standard InChI is InChI=1S/C17H21F3O4/c1-10(7-8-24-15(23)17(18,19)20)5-6-12-11(2)14(22)13(21)9-16(12,3)4/h5-7,13,21H,8-9H2,1-4H3. The molecule has 0 heterocycles. The third-order valence-electron chi connectivity index (χ3n) is 3.87. The summed E-state index contributed by atoms with van der Waals surface area (Å²) in [4.78, 5) is 22.5. The van der Waals surface area contributed by atoms with Gasteiger partial charge in [-0.15, -0.1) is 0 Å². The first-order valence-electron chi connectivity index (χ1n) is 7.38. The quantitative estimate of drug-likeness (QED) is 0.627. The lowest BCUT2D eigenvalue weighted by atomic mass is 9.71. The molecule has 0 bridgehead atoms. The average molecular weight is 346 g/mol. The van der Waals surface area contributed by atoms with E-state index in [0.29, 0.717) is 17.6 Å². The van der Waals surface area contributed by atoms with Crippen LogP contribution >= 0.6 is 0 Å². The number of ketones is 1. The summed E-state index contributed by atoms with van der Waals surface area (Å²) in [6.45, 7) is 6.58. The molecule has 0 aliphatic heterocycles. The zero-order valence-corrected chi connectivity index (χ0v) is 14.0. The van der Waals surface area contributed by atoms with E-state index in [4.69, 9.17) is 0 Å². The second-order valence-electron chi connectivity index (χ2n) is 6.38. The highest BCUT2D eigenvalue weighted by Gasteiger charge is 2.40. The van der Waals surface area contributed by atoms with Crippen molar-refractivity contribution in [2.45, 2.75) is 46.4 Å². The van der Waals surface area contributed by atoms with Crippen molar-refractivity contribution < 1.29 is 32.6 Å². The zero-order valence-electron chi connectivity index (χ0n) is 14.0. The molecule has 1 unspecified atom stereocenters. The minimum atomic E-state index is -5.01. The van der Waals surface area contributed by atoms with Crippen LogP contribution in [0.1, 0.15) is 34.1 Å². The van der Waals surface area contributed by atoms with Gasteiger partial charge in [-0.1, -0.05) is 31.6 Å². The van der Waals surface area contributed by atoms with Gasteiger partial charge in [0.2, 0.25) is 0 Å². The van der Waals surface area contributed by atoms with Crippen LogP contribution in [0.3, 0.4) is 0 Å². The summed E-state index contributed by atoms with van der Waals surface area (Å²) in [5.74, 6) is -2.56. The molecule has 1 aliphatic rings. The number of esters is 1. The summed E-state index contributed by atoms with van der Waals surface area (Å²) in [6.07, 6.45) is -1.05. The number of Topliss-reactive ketones (excluding diaryl/α,β-unsaturated/α-hetero) is 1. The van der Waals surface area contributed by atoms with Gasteiger partial charge >= 0.3 is 12.1 Å². The lowest BCUT2D eigenvalue weighted by Gasteiger charge is -2.34. The topological polar surface area (TPSA) is 63.6 Å². The van der Waals surface area contributed by atoms with Crippen molar-refractivity contribution in [3.63, 3.8) is 0 Å². The van der Waals surface area contributed by atoms with Crippen LogP contribution in [0, 0.1) is 5.41 Å². The fraction of sp³-hybridized carbons (Fsp3) is 0.529. The Balaban J connectivity index is 2.82. The van der Waals surface area contributed by atoms with E-state index in [1.54, 1.807) is 26.0 Å². The van der Waals surface area contributed by atoms with E-state index in [1.165, 1.54) is 6.08 Å². The SMILES string of the molecule is CC(C=CC1=C(C)C(=O)C(O)CC1(C)C)=CCOC(=O)C(F)(F)F. The highest BCUT2D eigenvalue weighted by atomic mass is 19.4. The number of hydrogen-bond donors (Lipinski definition) is 1. The predicted molar refractivity (Wildman–Crippen MR) is 82.0 cm³/mol. The van der Waals surface area contributed by atoms with Crippen LogP contribution in [0.5, 0.6) is 0 Å². The Kier molecular flexibility index (Phi) is 6.16.